The molecule has 2 aromatic carbocycles. The lowest BCUT2D eigenvalue weighted by Crippen LogP contribution is -2.44. The number of carbonyl (C=O) groups is 2. The first-order chi connectivity index (χ1) is 14.0. The number of hydrazine groups is 1. The average molecular weight is 396 g/mol. The van der Waals surface area contributed by atoms with E-state index in [1.165, 1.54) is 36.4 Å². The van der Waals surface area contributed by atoms with Gasteiger partial charge in [-0.1, -0.05) is 18.2 Å². The van der Waals surface area contributed by atoms with E-state index >= 15 is 0 Å². The summed E-state index contributed by atoms with van der Waals surface area (Å²) in [5.74, 6) is -1.78. The third-order valence-corrected chi connectivity index (χ3v) is 5.92. The van der Waals surface area contributed by atoms with E-state index in [0.717, 1.165) is 16.9 Å². The Hall–Kier alpha value is -3.17. The zero-order valence-corrected chi connectivity index (χ0v) is 15.3. The van der Waals surface area contributed by atoms with Crippen LogP contribution in [0.4, 0.5) is 15.8 Å². The van der Waals surface area contributed by atoms with Gasteiger partial charge in [0.2, 0.25) is 5.91 Å². The molecule has 0 unspecified atom stereocenters. The van der Waals surface area contributed by atoms with Crippen molar-refractivity contribution >= 4 is 23.2 Å². The Labute approximate surface area is 165 Å². The number of nitro benzene ring substituents is 1. The predicted octanol–water partition coefficient (Wildman–Crippen LogP) is 2.27. The maximum absolute atomic E-state index is 13.4. The molecule has 2 amide bonds. The fourth-order valence-electron chi connectivity index (χ4n) is 4.77. The number of halogens is 1. The van der Waals surface area contributed by atoms with Crippen molar-refractivity contribution in [2.24, 2.45) is 5.92 Å². The standard InChI is InChI=1S/C20H17FN4O4/c21-13-7-5-12(6-8-13)17-16-18(23-10-2-9-22(17)23)20(27)24(19(16)26)14-3-1-4-15(11-14)25(28)29/h1,3-8,11,16-18H,2,9-10H2/t16-,17+,18+/m1/s1. The molecule has 9 heteroatoms. The second-order valence-corrected chi connectivity index (χ2v) is 7.44. The molecule has 3 heterocycles. The van der Waals surface area contributed by atoms with Gasteiger partial charge in [0, 0.05) is 25.2 Å². The number of hydrogen-bond acceptors (Lipinski definition) is 6. The Morgan fingerprint density at radius 1 is 0.966 bits per heavy atom. The first-order valence-electron chi connectivity index (χ1n) is 9.38. The Morgan fingerprint density at radius 3 is 2.34 bits per heavy atom. The van der Waals surface area contributed by atoms with E-state index in [0.29, 0.717) is 13.1 Å². The van der Waals surface area contributed by atoms with Gasteiger partial charge in [-0.2, -0.15) is 0 Å². The molecule has 0 aromatic heterocycles. The molecular weight excluding hydrogens is 379 g/mol. The van der Waals surface area contributed by atoms with E-state index in [1.807, 2.05) is 10.0 Å². The molecule has 29 heavy (non-hydrogen) atoms. The molecule has 3 aliphatic heterocycles. The number of nitrogens with zero attached hydrogens (tertiary/aromatic N) is 4. The number of carbonyl (C=O) groups excluding carboxylic acids is 2. The Morgan fingerprint density at radius 2 is 1.66 bits per heavy atom. The van der Waals surface area contributed by atoms with Crippen LogP contribution < -0.4 is 4.90 Å². The summed E-state index contributed by atoms with van der Waals surface area (Å²) >= 11 is 0. The summed E-state index contributed by atoms with van der Waals surface area (Å²) in [4.78, 5) is 38.2. The first kappa shape index (κ1) is 17.9. The molecule has 3 aliphatic rings. The van der Waals surface area contributed by atoms with E-state index in [1.54, 1.807) is 12.1 Å². The Kier molecular flexibility index (Phi) is 3.97. The van der Waals surface area contributed by atoms with E-state index in [4.69, 9.17) is 0 Å². The highest BCUT2D eigenvalue weighted by Crippen LogP contribution is 2.49. The number of nitro groups is 1. The van der Waals surface area contributed by atoms with Gasteiger partial charge < -0.3 is 0 Å². The van der Waals surface area contributed by atoms with Gasteiger partial charge in [-0.25, -0.2) is 19.3 Å². The number of hydrogen-bond donors (Lipinski definition) is 0. The molecule has 0 spiro atoms. The Balaban J connectivity index is 1.57. The van der Waals surface area contributed by atoms with Gasteiger partial charge in [-0.3, -0.25) is 19.7 Å². The zero-order valence-electron chi connectivity index (χ0n) is 15.3. The van der Waals surface area contributed by atoms with Crippen molar-refractivity contribution in [2.75, 3.05) is 18.0 Å². The first-order valence-corrected chi connectivity index (χ1v) is 9.38. The fraction of sp³-hybridized carbons (Fsp3) is 0.300. The number of anilines is 1. The minimum absolute atomic E-state index is 0.182. The lowest BCUT2D eigenvalue weighted by molar-refractivity contribution is -0.384. The topological polar surface area (TPSA) is 87.0 Å². The summed E-state index contributed by atoms with van der Waals surface area (Å²) in [5.41, 5.74) is 0.790. The summed E-state index contributed by atoms with van der Waals surface area (Å²) in [6, 6.07) is 10.5. The molecule has 8 nitrogen and oxygen atoms in total. The van der Waals surface area contributed by atoms with Gasteiger partial charge in [-0.05, 0) is 30.2 Å². The molecule has 5 rings (SSSR count). The van der Waals surface area contributed by atoms with Crippen molar-refractivity contribution in [3.05, 3.63) is 70.0 Å². The molecule has 3 saturated heterocycles. The van der Waals surface area contributed by atoms with Gasteiger partial charge in [0.1, 0.15) is 11.9 Å². The van der Waals surface area contributed by atoms with E-state index in [9.17, 15) is 24.1 Å². The summed E-state index contributed by atoms with van der Waals surface area (Å²) < 4.78 is 13.4. The lowest BCUT2D eigenvalue weighted by Gasteiger charge is -2.29. The van der Waals surface area contributed by atoms with Crippen LogP contribution in [0.1, 0.15) is 18.0 Å². The summed E-state index contributed by atoms with van der Waals surface area (Å²) in [5, 5.41) is 15.1. The summed E-state index contributed by atoms with van der Waals surface area (Å²) in [6.45, 7) is 1.37. The molecule has 3 atom stereocenters. The van der Waals surface area contributed by atoms with Crippen LogP contribution in [0, 0.1) is 21.8 Å². The van der Waals surface area contributed by atoms with Crippen molar-refractivity contribution in [3.8, 4) is 0 Å². The van der Waals surface area contributed by atoms with E-state index in [-0.39, 0.29) is 35.0 Å². The van der Waals surface area contributed by atoms with Crippen molar-refractivity contribution in [1.82, 2.24) is 10.0 Å². The van der Waals surface area contributed by atoms with Crippen LogP contribution in [0.25, 0.3) is 0 Å². The highest BCUT2D eigenvalue weighted by molar-refractivity contribution is 6.24. The highest BCUT2D eigenvalue weighted by atomic mass is 19.1. The minimum atomic E-state index is -0.653. The average Bonchev–Trinajstić information content (AvgIpc) is 3.35. The number of non-ortho nitro benzene ring substituents is 1. The third kappa shape index (κ3) is 2.58. The SMILES string of the molecule is O=C1[C@H]2[C@@H](C(=O)N1c1cccc([N+](=O)[O-])c1)N1CCCN1[C@H]2c1ccc(F)cc1. The van der Waals surface area contributed by atoms with Crippen LogP contribution in [-0.2, 0) is 9.59 Å². The number of fused-ring (bicyclic) bond motifs is 3. The smallest absolute Gasteiger partial charge is 0.271 e. The molecule has 0 bridgehead atoms. The Bertz CT molecular complexity index is 1030. The number of benzene rings is 2. The van der Waals surface area contributed by atoms with Crippen molar-refractivity contribution in [2.45, 2.75) is 18.5 Å². The lowest BCUT2D eigenvalue weighted by atomic mass is 9.90. The van der Waals surface area contributed by atoms with Crippen molar-refractivity contribution in [3.63, 3.8) is 0 Å². The quantitative estimate of drug-likeness (QED) is 0.449. The van der Waals surface area contributed by atoms with E-state index < -0.39 is 16.9 Å². The molecule has 0 saturated carbocycles. The van der Waals surface area contributed by atoms with Crippen LogP contribution in [0.5, 0.6) is 0 Å². The molecule has 3 fully saturated rings. The highest BCUT2D eigenvalue weighted by Gasteiger charge is 2.62. The van der Waals surface area contributed by atoms with Crippen LogP contribution in [0.15, 0.2) is 48.5 Å². The van der Waals surface area contributed by atoms with Gasteiger partial charge in [0.15, 0.2) is 0 Å². The number of amides is 2. The van der Waals surface area contributed by atoms with Crippen LogP contribution in [0.2, 0.25) is 0 Å². The number of rotatable bonds is 3. The van der Waals surface area contributed by atoms with E-state index in [2.05, 4.69) is 0 Å². The molecule has 2 aromatic rings. The second-order valence-electron chi connectivity index (χ2n) is 7.44. The van der Waals surface area contributed by atoms with Crippen molar-refractivity contribution in [1.29, 1.82) is 0 Å². The van der Waals surface area contributed by atoms with Gasteiger partial charge >= 0.3 is 0 Å². The van der Waals surface area contributed by atoms with Gasteiger partial charge in [0.25, 0.3) is 11.6 Å². The number of imide groups is 1. The molecule has 0 radical (unpaired) electrons. The normalized spacial score (nSPS) is 26.8. The van der Waals surface area contributed by atoms with Gasteiger partial charge in [-0.15, -0.1) is 0 Å². The maximum Gasteiger partial charge on any atom is 0.271 e. The van der Waals surface area contributed by atoms with Crippen LogP contribution in [0.3, 0.4) is 0 Å². The maximum atomic E-state index is 13.4. The van der Waals surface area contributed by atoms with Crippen molar-refractivity contribution < 1.29 is 18.9 Å². The van der Waals surface area contributed by atoms with Gasteiger partial charge in [0.05, 0.1) is 22.6 Å². The zero-order chi connectivity index (χ0) is 20.3. The molecule has 0 N–H and O–H groups in total. The molecule has 0 aliphatic carbocycles. The monoisotopic (exact) mass is 396 g/mol. The third-order valence-electron chi connectivity index (χ3n) is 5.92. The predicted molar refractivity (Wildman–Crippen MR) is 100 cm³/mol. The fourth-order valence-corrected chi connectivity index (χ4v) is 4.77. The summed E-state index contributed by atoms with van der Waals surface area (Å²) in [6.07, 6.45) is 0.860. The molecule has 148 valence electrons. The summed E-state index contributed by atoms with van der Waals surface area (Å²) in [7, 11) is 0. The minimum Gasteiger partial charge on any atom is -0.274 e. The second kappa shape index (κ2) is 6.43. The van der Waals surface area contributed by atoms with Crippen LogP contribution >= 0.6 is 0 Å². The molecular formula is C20H17FN4O4. The van der Waals surface area contributed by atoms with Crippen LogP contribution in [-0.4, -0.2) is 45.9 Å². The largest absolute Gasteiger partial charge is 0.274 e.